The second kappa shape index (κ2) is 4.32. The largest absolute Gasteiger partial charge is 0.508 e. The van der Waals surface area contributed by atoms with Crippen molar-refractivity contribution in [2.75, 3.05) is 0 Å². The number of hydrogen-bond acceptors (Lipinski definition) is 3. The van der Waals surface area contributed by atoms with Crippen LogP contribution in [0.15, 0.2) is 30.9 Å². The van der Waals surface area contributed by atoms with Crippen LogP contribution < -0.4 is 5.32 Å². The summed E-state index contributed by atoms with van der Waals surface area (Å²) in [6.45, 7) is 3.45. The zero-order valence-electron chi connectivity index (χ0n) is 7.53. The summed E-state index contributed by atoms with van der Waals surface area (Å²) in [5.41, 5.74) is 0.459. The highest BCUT2D eigenvalue weighted by Crippen LogP contribution is 2.21. The molecule has 0 aliphatic heterocycles. The van der Waals surface area contributed by atoms with Crippen LogP contribution in [0.3, 0.4) is 0 Å². The lowest BCUT2D eigenvalue weighted by Gasteiger charge is -2.05. The molecule has 0 spiro atoms. The van der Waals surface area contributed by atoms with Gasteiger partial charge in [0.25, 0.3) is 0 Å². The molecule has 0 aromatic heterocycles. The predicted octanol–water partition coefficient (Wildman–Crippen LogP) is 0.900. The Morgan fingerprint density at radius 1 is 1.50 bits per heavy atom. The maximum atomic E-state index is 10.8. The lowest BCUT2D eigenvalue weighted by Crippen LogP contribution is -2.19. The predicted molar refractivity (Wildman–Crippen MR) is 51.8 cm³/mol. The molecular weight excluding hydrogens is 182 g/mol. The molecule has 3 N–H and O–H groups in total. The first-order valence-corrected chi connectivity index (χ1v) is 4.04. The average Bonchev–Trinajstić information content (AvgIpc) is 2.19. The summed E-state index contributed by atoms with van der Waals surface area (Å²) in [6, 6.07) is 4.12. The average molecular weight is 193 g/mol. The highest BCUT2D eigenvalue weighted by Gasteiger charge is 2.02. The third-order valence-corrected chi connectivity index (χ3v) is 1.70. The normalized spacial score (nSPS) is 9.43. The fraction of sp³-hybridized carbons (Fsp3) is 0.100. The van der Waals surface area contributed by atoms with E-state index in [0.717, 1.165) is 6.08 Å². The van der Waals surface area contributed by atoms with Crippen LogP contribution in [0.4, 0.5) is 0 Å². The molecule has 4 nitrogen and oxygen atoms in total. The molecule has 0 unspecified atom stereocenters. The van der Waals surface area contributed by atoms with E-state index in [9.17, 15) is 9.90 Å². The molecule has 0 fully saturated rings. The number of aromatic hydroxyl groups is 2. The molecule has 0 bridgehead atoms. The van der Waals surface area contributed by atoms with E-state index < -0.39 is 0 Å². The summed E-state index contributed by atoms with van der Waals surface area (Å²) in [5.74, 6) is -0.245. The molecule has 0 atom stereocenters. The van der Waals surface area contributed by atoms with Gasteiger partial charge in [-0.15, -0.1) is 0 Å². The first-order chi connectivity index (χ1) is 6.63. The first kappa shape index (κ1) is 10.1. The van der Waals surface area contributed by atoms with Crippen molar-refractivity contribution in [1.29, 1.82) is 0 Å². The summed E-state index contributed by atoms with van der Waals surface area (Å²) < 4.78 is 0. The van der Waals surface area contributed by atoms with Gasteiger partial charge < -0.3 is 15.5 Å². The number of carbonyl (C=O) groups is 1. The maximum absolute atomic E-state index is 10.8. The topological polar surface area (TPSA) is 69.6 Å². The highest BCUT2D eigenvalue weighted by atomic mass is 16.3. The van der Waals surface area contributed by atoms with Gasteiger partial charge in [0.1, 0.15) is 11.5 Å². The second-order valence-corrected chi connectivity index (χ2v) is 2.73. The fourth-order valence-corrected chi connectivity index (χ4v) is 0.968. The van der Waals surface area contributed by atoms with E-state index in [1.54, 1.807) is 0 Å². The van der Waals surface area contributed by atoms with E-state index in [0.29, 0.717) is 5.56 Å². The van der Waals surface area contributed by atoms with E-state index in [-0.39, 0.29) is 24.0 Å². The Kier molecular flexibility index (Phi) is 3.12. The van der Waals surface area contributed by atoms with Crippen molar-refractivity contribution in [3.8, 4) is 11.5 Å². The summed E-state index contributed by atoms with van der Waals surface area (Å²) in [6.07, 6.45) is 1.14. The van der Waals surface area contributed by atoms with Crippen LogP contribution in [0.2, 0.25) is 0 Å². The third-order valence-electron chi connectivity index (χ3n) is 1.70. The highest BCUT2D eigenvalue weighted by molar-refractivity contribution is 5.86. The van der Waals surface area contributed by atoms with Crippen LogP contribution in [-0.2, 0) is 11.3 Å². The van der Waals surface area contributed by atoms with E-state index in [1.165, 1.54) is 18.2 Å². The molecule has 0 aliphatic carbocycles. The van der Waals surface area contributed by atoms with Gasteiger partial charge in [0, 0.05) is 12.1 Å². The van der Waals surface area contributed by atoms with E-state index in [2.05, 4.69) is 11.9 Å². The zero-order chi connectivity index (χ0) is 10.6. The fourth-order valence-electron chi connectivity index (χ4n) is 0.968. The van der Waals surface area contributed by atoms with Crippen molar-refractivity contribution in [3.05, 3.63) is 36.4 Å². The number of nitrogens with one attached hydrogen (secondary N) is 1. The molecule has 14 heavy (non-hydrogen) atoms. The monoisotopic (exact) mass is 193 g/mol. The van der Waals surface area contributed by atoms with Gasteiger partial charge in [-0.1, -0.05) is 6.58 Å². The van der Waals surface area contributed by atoms with E-state index >= 15 is 0 Å². The van der Waals surface area contributed by atoms with Crippen LogP contribution in [-0.4, -0.2) is 16.1 Å². The molecule has 0 aliphatic rings. The Morgan fingerprint density at radius 3 is 2.86 bits per heavy atom. The Hall–Kier alpha value is -1.97. The third kappa shape index (κ3) is 2.52. The summed E-state index contributed by atoms with van der Waals surface area (Å²) in [5, 5.41) is 20.9. The van der Waals surface area contributed by atoms with Crippen molar-refractivity contribution in [3.63, 3.8) is 0 Å². The molecule has 0 saturated carbocycles. The van der Waals surface area contributed by atoms with Gasteiger partial charge in [-0.2, -0.15) is 0 Å². The van der Waals surface area contributed by atoms with Crippen molar-refractivity contribution >= 4 is 5.91 Å². The number of amides is 1. The number of phenols is 2. The molecule has 74 valence electrons. The standard InChI is InChI=1S/C10H11NO3/c1-2-10(14)11-6-7-5-8(12)3-4-9(7)13/h2-5,12-13H,1,6H2,(H,11,14). The van der Waals surface area contributed by atoms with Gasteiger partial charge in [0.2, 0.25) is 5.91 Å². The summed E-state index contributed by atoms with van der Waals surface area (Å²) in [7, 11) is 0. The van der Waals surface area contributed by atoms with Gasteiger partial charge in [-0.3, -0.25) is 4.79 Å². The van der Waals surface area contributed by atoms with Crippen molar-refractivity contribution < 1.29 is 15.0 Å². The zero-order valence-corrected chi connectivity index (χ0v) is 7.53. The molecule has 1 aromatic rings. The van der Waals surface area contributed by atoms with Gasteiger partial charge in [-0.05, 0) is 24.3 Å². The van der Waals surface area contributed by atoms with Crippen LogP contribution in [0.5, 0.6) is 11.5 Å². The summed E-state index contributed by atoms with van der Waals surface area (Å²) >= 11 is 0. The number of rotatable bonds is 3. The quantitative estimate of drug-likeness (QED) is 0.493. The van der Waals surface area contributed by atoms with Crippen molar-refractivity contribution in [2.45, 2.75) is 6.54 Å². The number of phenolic OH excluding ortho intramolecular Hbond substituents is 2. The molecule has 0 radical (unpaired) electrons. The second-order valence-electron chi connectivity index (χ2n) is 2.73. The van der Waals surface area contributed by atoms with Crippen LogP contribution in [0.1, 0.15) is 5.56 Å². The lowest BCUT2D eigenvalue weighted by atomic mass is 10.2. The molecule has 1 aromatic carbocycles. The van der Waals surface area contributed by atoms with E-state index in [4.69, 9.17) is 5.11 Å². The van der Waals surface area contributed by atoms with Gasteiger partial charge in [-0.25, -0.2) is 0 Å². The number of carbonyl (C=O) groups excluding carboxylic acids is 1. The Morgan fingerprint density at radius 2 is 2.21 bits per heavy atom. The number of hydrogen-bond donors (Lipinski definition) is 3. The van der Waals surface area contributed by atoms with E-state index in [1.807, 2.05) is 0 Å². The van der Waals surface area contributed by atoms with Crippen molar-refractivity contribution in [2.24, 2.45) is 0 Å². The van der Waals surface area contributed by atoms with Crippen LogP contribution in [0.25, 0.3) is 0 Å². The lowest BCUT2D eigenvalue weighted by molar-refractivity contribution is -0.116. The molecule has 1 amide bonds. The smallest absolute Gasteiger partial charge is 0.243 e. The molecule has 0 saturated heterocycles. The molecule has 0 heterocycles. The van der Waals surface area contributed by atoms with Gasteiger partial charge in [0.05, 0.1) is 0 Å². The van der Waals surface area contributed by atoms with Gasteiger partial charge in [0.15, 0.2) is 0 Å². The Balaban J connectivity index is 2.71. The van der Waals surface area contributed by atoms with Crippen LogP contribution >= 0.6 is 0 Å². The molecule has 1 rings (SSSR count). The molecule has 4 heteroatoms. The van der Waals surface area contributed by atoms with Crippen molar-refractivity contribution in [1.82, 2.24) is 5.32 Å². The maximum Gasteiger partial charge on any atom is 0.243 e. The minimum atomic E-state index is -0.326. The minimum absolute atomic E-state index is 0.0344. The Bertz CT molecular complexity index is 360. The van der Waals surface area contributed by atoms with Gasteiger partial charge >= 0.3 is 0 Å². The Labute approximate surface area is 81.5 Å². The molecular formula is C10H11NO3. The minimum Gasteiger partial charge on any atom is -0.508 e. The summed E-state index contributed by atoms with van der Waals surface area (Å²) in [4.78, 5) is 10.8. The first-order valence-electron chi connectivity index (χ1n) is 4.04. The number of benzene rings is 1. The SMILES string of the molecule is C=CC(=O)NCc1cc(O)ccc1O. The van der Waals surface area contributed by atoms with Crippen LogP contribution in [0, 0.1) is 0 Å².